The summed E-state index contributed by atoms with van der Waals surface area (Å²) in [4.78, 5) is 0. The Morgan fingerprint density at radius 1 is 1.23 bits per heavy atom. The van der Waals surface area contributed by atoms with Crippen LogP contribution < -0.4 is 10.1 Å². The summed E-state index contributed by atoms with van der Waals surface area (Å²) in [5.74, 6) is 0.966. The fourth-order valence-corrected chi connectivity index (χ4v) is 2.92. The van der Waals surface area contributed by atoms with Crippen LogP contribution in [0.2, 0.25) is 0 Å². The van der Waals surface area contributed by atoms with Gasteiger partial charge in [0.15, 0.2) is 0 Å². The van der Waals surface area contributed by atoms with Crippen LogP contribution in [0.25, 0.3) is 10.9 Å². The average molecular weight is 302 g/mol. The number of ether oxygens (including phenoxy) is 1. The highest BCUT2D eigenvalue weighted by atomic mass is 16.5. The van der Waals surface area contributed by atoms with Gasteiger partial charge in [-0.2, -0.15) is 0 Å². The number of hydrogen-bond donors (Lipinski definition) is 1. The van der Waals surface area contributed by atoms with E-state index in [4.69, 9.17) is 4.74 Å². The molecule has 0 aliphatic heterocycles. The Morgan fingerprint density at radius 3 is 2.64 bits per heavy atom. The molecule has 3 nitrogen and oxygen atoms in total. The van der Waals surface area contributed by atoms with Crippen molar-refractivity contribution in [1.29, 1.82) is 0 Å². The van der Waals surface area contributed by atoms with Gasteiger partial charge < -0.3 is 14.6 Å². The van der Waals surface area contributed by atoms with E-state index in [1.165, 1.54) is 35.0 Å². The monoisotopic (exact) mass is 302 g/mol. The van der Waals surface area contributed by atoms with Crippen LogP contribution in [-0.4, -0.2) is 17.2 Å². The lowest BCUT2D eigenvalue weighted by Gasteiger charge is -2.10. The average Bonchev–Trinajstić information content (AvgIpc) is 2.74. The second kappa shape index (κ2) is 7.68. The van der Waals surface area contributed by atoms with E-state index in [2.05, 4.69) is 55.8 Å². The van der Waals surface area contributed by atoms with Crippen LogP contribution in [0.15, 0.2) is 18.2 Å². The highest BCUT2D eigenvalue weighted by Crippen LogP contribution is 2.30. The number of unbranched alkanes of at least 4 members (excludes halogenated alkanes) is 1. The molecular formula is C19H30N2O. The Morgan fingerprint density at radius 2 is 2.00 bits per heavy atom. The Hall–Kier alpha value is -1.48. The van der Waals surface area contributed by atoms with Crippen LogP contribution in [-0.2, 0) is 13.1 Å². The molecule has 1 aromatic carbocycles. The zero-order valence-electron chi connectivity index (χ0n) is 14.7. The number of benzene rings is 1. The minimum Gasteiger partial charge on any atom is -0.494 e. The third kappa shape index (κ3) is 3.64. The van der Waals surface area contributed by atoms with Crippen molar-refractivity contribution in [3.63, 3.8) is 0 Å². The summed E-state index contributed by atoms with van der Waals surface area (Å²) >= 11 is 0. The van der Waals surface area contributed by atoms with Gasteiger partial charge in [-0.1, -0.05) is 27.2 Å². The molecule has 0 amide bonds. The molecule has 122 valence electrons. The largest absolute Gasteiger partial charge is 0.494 e. The fraction of sp³-hybridized carbons (Fsp3) is 0.579. The minimum absolute atomic E-state index is 0.489. The second-order valence-electron chi connectivity index (χ2n) is 6.22. The topological polar surface area (TPSA) is 26.2 Å². The standard InChI is InChI=1S/C19H30N2O/c1-6-8-11-21-15(5)18(13-20-14(3)4)17-12-16(22-7-2)9-10-19(17)21/h9-10,12,14,20H,6-8,11,13H2,1-5H3. The summed E-state index contributed by atoms with van der Waals surface area (Å²) in [5.41, 5.74) is 4.11. The predicted molar refractivity (Wildman–Crippen MR) is 94.7 cm³/mol. The molecule has 1 aromatic heterocycles. The van der Waals surface area contributed by atoms with Crippen molar-refractivity contribution in [1.82, 2.24) is 9.88 Å². The van der Waals surface area contributed by atoms with E-state index in [9.17, 15) is 0 Å². The lowest BCUT2D eigenvalue weighted by atomic mass is 10.1. The number of fused-ring (bicyclic) bond motifs is 1. The van der Waals surface area contributed by atoms with Gasteiger partial charge in [0, 0.05) is 35.7 Å². The van der Waals surface area contributed by atoms with Gasteiger partial charge in [-0.25, -0.2) is 0 Å². The molecule has 22 heavy (non-hydrogen) atoms. The molecule has 2 rings (SSSR count). The normalized spacial score (nSPS) is 11.5. The number of nitrogens with one attached hydrogen (secondary N) is 1. The highest BCUT2D eigenvalue weighted by Gasteiger charge is 2.14. The molecular weight excluding hydrogens is 272 g/mol. The lowest BCUT2D eigenvalue weighted by Crippen LogP contribution is -2.22. The van der Waals surface area contributed by atoms with Crippen molar-refractivity contribution in [2.75, 3.05) is 6.61 Å². The zero-order chi connectivity index (χ0) is 16.1. The van der Waals surface area contributed by atoms with Gasteiger partial charge in [-0.05, 0) is 44.0 Å². The molecule has 2 aromatic rings. The lowest BCUT2D eigenvalue weighted by molar-refractivity contribution is 0.340. The number of nitrogens with zero attached hydrogens (tertiary/aromatic N) is 1. The van der Waals surface area contributed by atoms with Crippen LogP contribution in [0.3, 0.4) is 0 Å². The molecule has 3 heteroatoms. The molecule has 0 radical (unpaired) electrons. The molecule has 0 spiro atoms. The first-order chi connectivity index (χ1) is 10.6. The van der Waals surface area contributed by atoms with Crippen molar-refractivity contribution in [2.24, 2.45) is 0 Å². The zero-order valence-corrected chi connectivity index (χ0v) is 14.7. The van der Waals surface area contributed by atoms with Gasteiger partial charge >= 0.3 is 0 Å². The van der Waals surface area contributed by atoms with E-state index < -0.39 is 0 Å². The maximum absolute atomic E-state index is 5.70. The molecule has 1 heterocycles. The maximum atomic E-state index is 5.70. The van der Waals surface area contributed by atoms with Gasteiger partial charge in [0.1, 0.15) is 5.75 Å². The van der Waals surface area contributed by atoms with E-state index in [0.29, 0.717) is 12.6 Å². The Kier molecular flexibility index (Phi) is 5.90. The van der Waals surface area contributed by atoms with Crippen molar-refractivity contribution >= 4 is 10.9 Å². The van der Waals surface area contributed by atoms with Crippen LogP contribution in [0.1, 0.15) is 51.8 Å². The molecule has 0 unspecified atom stereocenters. The van der Waals surface area contributed by atoms with Crippen LogP contribution in [0, 0.1) is 6.92 Å². The molecule has 1 N–H and O–H groups in total. The number of aromatic nitrogens is 1. The molecule has 0 fully saturated rings. The summed E-state index contributed by atoms with van der Waals surface area (Å²) in [6, 6.07) is 6.99. The smallest absolute Gasteiger partial charge is 0.120 e. The molecule has 0 atom stereocenters. The third-order valence-corrected chi connectivity index (χ3v) is 4.16. The van der Waals surface area contributed by atoms with Crippen molar-refractivity contribution in [3.05, 3.63) is 29.5 Å². The maximum Gasteiger partial charge on any atom is 0.120 e. The van der Waals surface area contributed by atoms with Crippen molar-refractivity contribution in [3.8, 4) is 5.75 Å². The fourth-order valence-electron chi connectivity index (χ4n) is 2.92. The summed E-state index contributed by atoms with van der Waals surface area (Å²) in [6.07, 6.45) is 2.44. The molecule has 0 saturated heterocycles. The number of hydrogen-bond acceptors (Lipinski definition) is 2. The van der Waals surface area contributed by atoms with E-state index in [1.807, 2.05) is 6.92 Å². The highest BCUT2D eigenvalue weighted by molar-refractivity contribution is 5.87. The summed E-state index contributed by atoms with van der Waals surface area (Å²) in [7, 11) is 0. The molecule has 0 saturated carbocycles. The molecule has 0 aliphatic rings. The summed E-state index contributed by atoms with van der Waals surface area (Å²) in [6.45, 7) is 13.6. The molecule has 0 bridgehead atoms. The summed E-state index contributed by atoms with van der Waals surface area (Å²) in [5, 5.41) is 4.89. The van der Waals surface area contributed by atoms with Gasteiger partial charge in [-0.15, -0.1) is 0 Å². The Labute approximate surface area is 134 Å². The van der Waals surface area contributed by atoms with Crippen LogP contribution >= 0.6 is 0 Å². The first kappa shape index (κ1) is 16.9. The van der Waals surface area contributed by atoms with E-state index >= 15 is 0 Å². The Bertz CT molecular complexity index is 613. The van der Waals surface area contributed by atoms with Gasteiger partial charge in [-0.3, -0.25) is 0 Å². The quantitative estimate of drug-likeness (QED) is 0.768. The second-order valence-corrected chi connectivity index (χ2v) is 6.22. The first-order valence-corrected chi connectivity index (χ1v) is 8.56. The van der Waals surface area contributed by atoms with Crippen molar-refractivity contribution < 1.29 is 4.74 Å². The Balaban J connectivity index is 2.47. The number of aryl methyl sites for hydroxylation is 1. The summed E-state index contributed by atoms with van der Waals surface area (Å²) < 4.78 is 8.16. The number of rotatable bonds is 8. The first-order valence-electron chi connectivity index (χ1n) is 8.56. The van der Waals surface area contributed by atoms with Gasteiger partial charge in [0.05, 0.1) is 6.61 Å². The third-order valence-electron chi connectivity index (χ3n) is 4.16. The van der Waals surface area contributed by atoms with Gasteiger partial charge in [0.2, 0.25) is 0 Å². The van der Waals surface area contributed by atoms with Crippen LogP contribution in [0.5, 0.6) is 5.75 Å². The van der Waals surface area contributed by atoms with Crippen molar-refractivity contribution in [2.45, 2.75) is 66.6 Å². The van der Waals surface area contributed by atoms with E-state index in [1.54, 1.807) is 0 Å². The SMILES string of the molecule is CCCCn1c(C)c(CNC(C)C)c2cc(OCC)ccc21. The van der Waals surface area contributed by atoms with Crippen LogP contribution in [0.4, 0.5) is 0 Å². The van der Waals surface area contributed by atoms with E-state index in [-0.39, 0.29) is 0 Å². The molecule has 0 aliphatic carbocycles. The van der Waals surface area contributed by atoms with E-state index in [0.717, 1.165) is 18.8 Å². The minimum atomic E-state index is 0.489. The van der Waals surface area contributed by atoms with Gasteiger partial charge in [0.25, 0.3) is 0 Å². The predicted octanol–water partition coefficient (Wildman–Crippen LogP) is 4.65.